The Morgan fingerprint density at radius 1 is 1.41 bits per heavy atom. The smallest absolute Gasteiger partial charge is 0.254 e. The molecule has 1 heterocycles. The first kappa shape index (κ1) is 16.5. The molecule has 1 saturated carbocycles. The SMILES string of the molecule is COc1nc(N[C@H]2CC[C@H](N(C)C)CC2)c(F)cc1C(N)=O. The van der Waals surface area contributed by atoms with Crippen LogP contribution in [-0.4, -0.2) is 49.1 Å². The van der Waals surface area contributed by atoms with E-state index >= 15 is 0 Å². The molecule has 0 saturated heterocycles. The first-order valence-corrected chi connectivity index (χ1v) is 7.39. The Hall–Kier alpha value is -1.89. The molecule has 1 fully saturated rings. The van der Waals surface area contributed by atoms with Gasteiger partial charge in [-0.25, -0.2) is 4.39 Å². The van der Waals surface area contributed by atoms with Crippen LogP contribution in [0.2, 0.25) is 0 Å². The van der Waals surface area contributed by atoms with E-state index in [4.69, 9.17) is 10.5 Å². The summed E-state index contributed by atoms with van der Waals surface area (Å²) in [7, 11) is 5.53. The standard InChI is InChI=1S/C15H23FN4O2/c1-20(2)10-6-4-9(5-7-10)18-14-12(16)8-11(13(17)21)15(19-14)22-3/h8-10H,4-7H2,1-3H3,(H2,17,21)(H,18,19)/t9-,10-. The molecule has 2 rings (SSSR count). The molecule has 1 aromatic heterocycles. The third-order valence-corrected chi connectivity index (χ3v) is 4.17. The van der Waals surface area contributed by atoms with E-state index in [1.54, 1.807) is 0 Å². The molecule has 3 N–H and O–H groups in total. The number of hydrogen-bond donors (Lipinski definition) is 2. The summed E-state index contributed by atoms with van der Waals surface area (Å²) >= 11 is 0. The van der Waals surface area contributed by atoms with Crippen LogP contribution in [0.4, 0.5) is 10.2 Å². The number of hydrogen-bond acceptors (Lipinski definition) is 5. The van der Waals surface area contributed by atoms with Gasteiger partial charge in [-0.05, 0) is 45.8 Å². The van der Waals surface area contributed by atoms with Crippen molar-refractivity contribution in [1.82, 2.24) is 9.88 Å². The number of pyridine rings is 1. The van der Waals surface area contributed by atoms with Gasteiger partial charge in [-0.3, -0.25) is 4.79 Å². The van der Waals surface area contributed by atoms with Crippen molar-refractivity contribution in [2.24, 2.45) is 5.73 Å². The van der Waals surface area contributed by atoms with Gasteiger partial charge in [0, 0.05) is 12.1 Å². The number of rotatable bonds is 5. The van der Waals surface area contributed by atoms with Gasteiger partial charge >= 0.3 is 0 Å². The van der Waals surface area contributed by atoms with Gasteiger partial charge in [-0.1, -0.05) is 0 Å². The summed E-state index contributed by atoms with van der Waals surface area (Å²) in [6.07, 6.45) is 4.01. The Kier molecular flexibility index (Phi) is 5.18. The van der Waals surface area contributed by atoms with E-state index in [2.05, 4.69) is 29.3 Å². The molecule has 0 aliphatic heterocycles. The van der Waals surface area contributed by atoms with Crippen molar-refractivity contribution < 1.29 is 13.9 Å². The maximum atomic E-state index is 14.1. The number of methoxy groups -OCH3 is 1. The van der Waals surface area contributed by atoms with Gasteiger partial charge in [-0.2, -0.15) is 4.98 Å². The Balaban J connectivity index is 2.09. The molecule has 1 aliphatic rings. The number of carbonyl (C=O) groups is 1. The molecule has 0 aromatic carbocycles. The zero-order valence-electron chi connectivity index (χ0n) is 13.2. The summed E-state index contributed by atoms with van der Waals surface area (Å²) in [4.78, 5) is 17.5. The fourth-order valence-corrected chi connectivity index (χ4v) is 2.84. The molecule has 22 heavy (non-hydrogen) atoms. The van der Waals surface area contributed by atoms with Crippen LogP contribution in [0.5, 0.6) is 5.88 Å². The second kappa shape index (κ2) is 6.91. The molecular formula is C15H23FN4O2. The Morgan fingerprint density at radius 3 is 2.55 bits per heavy atom. The lowest BCUT2D eigenvalue weighted by Crippen LogP contribution is -2.36. The second-order valence-electron chi connectivity index (χ2n) is 5.85. The van der Waals surface area contributed by atoms with Crippen molar-refractivity contribution in [1.29, 1.82) is 0 Å². The first-order valence-electron chi connectivity index (χ1n) is 7.39. The zero-order valence-corrected chi connectivity index (χ0v) is 13.2. The molecule has 7 heteroatoms. The molecule has 0 radical (unpaired) electrons. The highest BCUT2D eigenvalue weighted by Crippen LogP contribution is 2.27. The van der Waals surface area contributed by atoms with Crippen LogP contribution < -0.4 is 15.8 Å². The molecule has 0 atom stereocenters. The quantitative estimate of drug-likeness (QED) is 0.863. The van der Waals surface area contributed by atoms with Crippen LogP contribution >= 0.6 is 0 Å². The van der Waals surface area contributed by atoms with Gasteiger partial charge in [0.25, 0.3) is 5.91 Å². The minimum absolute atomic E-state index is 0.0402. The number of halogens is 1. The van der Waals surface area contributed by atoms with Crippen molar-refractivity contribution in [3.05, 3.63) is 17.4 Å². The van der Waals surface area contributed by atoms with Crippen molar-refractivity contribution in [2.45, 2.75) is 37.8 Å². The summed E-state index contributed by atoms with van der Waals surface area (Å²) in [6.45, 7) is 0. The van der Waals surface area contributed by atoms with E-state index in [0.29, 0.717) is 6.04 Å². The van der Waals surface area contributed by atoms with E-state index < -0.39 is 11.7 Å². The molecule has 1 aliphatic carbocycles. The largest absolute Gasteiger partial charge is 0.480 e. The number of ether oxygens (including phenoxy) is 1. The predicted octanol–water partition coefficient (Wildman–Crippen LogP) is 1.61. The number of primary amides is 1. The van der Waals surface area contributed by atoms with E-state index in [-0.39, 0.29) is 23.3 Å². The number of nitrogens with one attached hydrogen (secondary N) is 1. The minimum Gasteiger partial charge on any atom is -0.480 e. The van der Waals surface area contributed by atoms with E-state index in [1.165, 1.54) is 7.11 Å². The first-order chi connectivity index (χ1) is 10.4. The summed E-state index contributed by atoms with van der Waals surface area (Å²) in [6, 6.07) is 1.81. The average molecular weight is 310 g/mol. The van der Waals surface area contributed by atoms with Gasteiger partial charge in [0.2, 0.25) is 5.88 Å². The predicted molar refractivity (Wildman–Crippen MR) is 82.6 cm³/mol. The lowest BCUT2D eigenvalue weighted by molar-refractivity contribution is 0.0996. The van der Waals surface area contributed by atoms with Gasteiger partial charge in [-0.15, -0.1) is 0 Å². The fourth-order valence-electron chi connectivity index (χ4n) is 2.84. The maximum Gasteiger partial charge on any atom is 0.254 e. The molecule has 0 spiro atoms. The van der Waals surface area contributed by atoms with Crippen LogP contribution in [0, 0.1) is 5.82 Å². The lowest BCUT2D eigenvalue weighted by Gasteiger charge is -2.33. The van der Waals surface area contributed by atoms with Crippen molar-refractivity contribution in [2.75, 3.05) is 26.5 Å². The molecule has 6 nitrogen and oxygen atoms in total. The molecular weight excluding hydrogens is 287 g/mol. The summed E-state index contributed by atoms with van der Waals surface area (Å²) in [5.41, 5.74) is 5.13. The number of nitrogens with two attached hydrogens (primary N) is 1. The summed E-state index contributed by atoms with van der Waals surface area (Å²) in [5.74, 6) is -1.21. The maximum absolute atomic E-state index is 14.1. The van der Waals surface area contributed by atoms with Gasteiger partial charge in [0.1, 0.15) is 5.56 Å². The molecule has 1 aromatic rings. The van der Waals surface area contributed by atoms with Crippen LogP contribution in [0.1, 0.15) is 36.0 Å². The lowest BCUT2D eigenvalue weighted by atomic mass is 9.90. The van der Waals surface area contributed by atoms with Crippen molar-refractivity contribution >= 4 is 11.7 Å². The Labute approximate surface area is 129 Å². The van der Waals surface area contributed by atoms with E-state index in [9.17, 15) is 9.18 Å². The van der Waals surface area contributed by atoms with Gasteiger partial charge in [0.05, 0.1) is 7.11 Å². The highest BCUT2D eigenvalue weighted by molar-refractivity contribution is 5.95. The van der Waals surface area contributed by atoms with Crippen LogP contribution in [0.15, 0.2) is 6.07 Å². The summed E-state index contributed by atoms with van der Waals surface area (Å²) < 4.78 is 19.1. The van der Waals surface area contributed by atoms with Crippen molar-refractivity contribution in [3.63, 3.8) is 0 Å². The Morgan fingerprint density at radius 2 is 2.05 bits per heavy atom. The molecule has 1 amide bonds. The number of amides is 1. The van der Waals surface area contributed by atoms with Crippen LogP contribution in [0.25, 0.3) is 0 Å². The molecule has 0 bridgehead atoms. The van der Waals surface area contributed by atoms with Gasteiger partial charge < -0.3 is 20.7 Å². The minimum atomic E-state index is -0.763. The number of nitrogens with zero attached hydrogens (tertiary/aromatic N) is 2. The monoisotopic (exact) mass is 310 g/mol. The second-order valence-corrected chi connectivity index (χ2v) is 5.85. The number of carbonyl (C=O) groups excluding carboxylic acids is 1. The van der Waals surface area contributed by atoms with Gasteiger partial charge in [0.15, 0.2) is 11.6 Å². The highest BCUT2D eigenvalue weighted by Gasteiger charge is 2.24. The van der Waals surface area contributed by atoms with Crippen molar-refractivity contribution in [3.8, 4) is 5.88 Å². The molecule has 0 unspecified atom stereocenters. The highest BCUT2D eigenvalue weighted by atomic mass is 19.1. The topological polar surface area (TPSA) is 80.5 Å². The number of anilines is 1. The third kappa shape index (κ3) is 3.65. The zero-order chi connectivity index (χ0) is 16.3. The van der Waals surface area contributed by atoms with Crippen LogP contribution in [0.3, 0.4) is 0 Å². The fraction of sp³-hybridized carbons (Fsp3) is 0.600. The average Bonchev–Trinajstić information content (AvgIpc) is 2.49. The normalized spacial score (nSPS) is 21.7. The Bertz CT molecular complexity index is 543. The van der Waals surface area contributed by atoms with E-state index in [1.807, 2.05) is 0 Å². The number of aromatic nitrogens is 1. The summed E-state index contributed by atoms with van der Waals surface area (Å²) in [5, 5.41) is 3.11. The molecule has 122 valence electrons. The van der Waals surface area contributed by atoms with Crippen LogP contribution in [-0.2, 0) is 0 Å². The third-order valence-electron chi connectivity index (χ3n) is 4.17. The van der Waals surface area contributed by atoms with E-state index in [0.717, 1.165) is 31.7 Å².